The van der Waals surface area contributed by atoms with Gasteiger partial charge in [0.2, 0.25) is 5.88 Å². The van der Waals surface area contributed by atoms with Gasteiger partial charge in [-0.2, -0.15) is 8.78 Å². The van der Waals surface area contributed by atoms with E-state index in [4.69, 9.17) is 0 Å². The fraction of sp³-hybridized carbons (Fsp3) is 0.111. The Hall–Kier alpha value is -3.40. The normalized spacial score (nSPS) is 11.3. The number of hydrogen-bond donors (Lipinski definition) is 1. The summed E-state index contributed by atoms with van der Waals surface area (Å²) in [6, 6.07) is 8.62. The Kier molecular flexibility index (Phi) is 4.47. The van der Waals surface area contributed by atoms with Crippen molar-refractivity contribution in [2.24, 2.45) is 0 Å². The fourth-order valence-corrected chi connectivity index (χ4v) is 3.88. The quantitative estimate of drug-likeness (QED) is 0.561. The van der Waals surface area contributed by atoms with Crippen molar-refractivity contribution >= 4 is 44.4 Å². The summed E-state index contributed by atoms with van der Waals surface area (Å²) in [5, 5.41) is 13.7. The van der Waals surface area contributed by atoms with Crippen LogP contribution in [0.3, 0.4) is 0 Å². The maximum atomic E-state index is 12.4. The van der Waals surface area contributed by atoms with E-state index in [9.17, 15) is 18.7 Å². The minimum atomic E-state index is -2.99. The van der Waals surface area contributed by atoms with Crippen molar-refractivity contribution < 1.29 is 23.4 Å². The van der Waals surface area contributed by atoms with E-state index < -0.39 is 12.7 Å². The highest BCUT2D eigenvalue weighted by atomic mass is 32.1. The van der Waals surface area contributed by atoms with Crippen LogP contribution in [-0.2, 0) is 0 Å². The first-order valence-electron chi connectivity index (χ1n) is 8.01. The van der Waals surface area contributed by atoms with Gasteiger partial charge in [-0.25, -0.2) is 15.0 Å². The van der Waals surface area contributed by atoms with Crippen molar-refractivity contribution in [3.05, 3.63) is 42.1 Å². The van der Waals surface area contributed by atoms with Gasteiger partial charge in [-0.05, 0) is 36.8 Å². The molecule has 4 aromatic rings. The van der Waals surface area contributed by atoms with Gasteiger partial charge in [0.15, 0.2) is 0 Å². The number of nitrogens with one attached hydrogen (secondary N) is 1. The standard InChI is InChI=1S/C18H12F2N4O3S/c1-8-5-9(14-12(6-8)22-13(7-21-14)27-17(19)20)16-23-10-3-2-4-11(15(10)28-16)24-18(25)26/h2-7,17,24H,1H3,(H,25,26)/p-1. The van der Waals surface area contributed by atoms with Crippen molar-refractivity contribution in [2.45, 2.75) is 13.5 Å². The lowest BCUT2D eigenvalue weighted by Crippen LogP contribution is -2.28. The molecule has 0 fully saturated rings. The second-order valence-electron chi connectivity index (χ2n) is 5.85. The highest BCUT2D eigenvalue weighted by Crippen LogP contribution is 2.37. The van der Waals surface area contributed by atoms with E-state index >= 15 is 0 Å². The molecule has 0 aliphatic rings. The number of ether oxygens (including phenoxy) is 1. The zero-order chi connectivity index (χ0) is 19.8. The fourth-order valence-electron chi connectivity index (χ4n) is 2.83. The van der Waals surface area contributed by atoms with Crippen molar-refractivity contribution in [2.75, 3.05) is 5.32 Å². The first kappa shape index (κ1) is 18.0. The van der Waals surface area contributed by atoms with Crippen LogP contribution in [0.5, 0.6) is 5.88 Å². The van der Waals surface area contributed by atoms with Crippen molar-refractivity contribution in [1.29, 1.82) is 0 Å². The summed E-state index contributed by atoms with van der Waals surface area (Å²) < 4.78 is 29.8. The van der Waals surface area contributed by atoms with Crippen LogP contribution >= 0.6 is 11.3 Å². The van der Waals surface area contributed by atoms with Gasteiger partial charge in [-0.15, -0.1) is 11.3 Å². The Balaban J connectivity index is 1.87. The maximum absolute atomic E-state index is 12.4. The lowest BCUT2D eigenvalue weighted by Gasteiger charge is -2.07. The van der Waals surface area contributed by atoms with Gasteiger partial charge in [0, 0.05) is 5.56 Å². The van der Waals surface area contributed by atoms with Gasteiger partial charge in [0.25, 0.3) is 0 Å². The highest BCUT2D eigenvalue weighted by molar-refractivity contribution is 7.22. The van der Waals surface area contributed by atoms with Crippen LogP contribution in [0.25, 0.3) is 31.8 Å². The number of fused-ring (bicyclic) bond motifs is 2. The molecular weight excluding hydrogens is 390 g/mol. The third-order valence-electron chi connectivity index (χ3n) is 3.86. The smallest absolute Gasteiger partial charge is 0.388 e. The molecule has 2 aromatic carbocycles. The number of amides is 1. The predicted octanol–water partition coefficient (Wildman–Crippen LogP) is 3.57. The molecule has 0 aliphatic carbocycles. The molecule has 142 valence electrons. The Morgan fingerprint density at radius 2 is 2.07 bits per heavy atom. The molecule has 0 saturated carbocycles. The number of aryl methyl sites for hydroxylation is 1. The molecule has 0 saturated heterocycles. The summed E-state index contributed by atoms with van der Waals surface area (Å²) in [7, 11) is 0. The Labute approximate surface area is 160 Å². The number of rotatable bonds is 4. The summed E-state index contributed by atoms with van der Waals surface area (Å²) in [6.07, 6.45) is -0.287. The molecule has 0 aliphatic heterocycles. The third-order valence-corrected chi connectivity index (χ3v) is 5.00. The molecule has 2 heterocycles. The van der Waals surface area contributed by atoms with Crippen LogP contribution in [0.1, 0.15) is 5.56 Å². The molecule has 10 heteroatoms. The zero-order valence-electron chi connectivity index (χ0n) is 14.3. The molecule has 1 N–H and O–H groups in total. The first-order valence-corrected chi connectivity index (χ1v) is 8.82. The van der Waals surface area contributed by atoms with E-state index in [0.29, 0.717) is 37.5 Å². The number of aromatic nitrogens is 3. The predicted molar refractivity (Wildman–Crippen MR) is 98.5 cm³/mol. The number of nitrogens with zero attached hydrogens (tertiary/aromatic N) is 3. The van der Waals surface area contributed by atoms with E-state index in [1.165, 1.54) is 11.3 Å². The molecule has 28 heavy (non-hydrogen) atoms. The average Bonchev–Trinajstić information content (AvgIpc) is 3.05. The summed E-state index contributed by atoms with van der Waals surface area (Å²) in [6.45, 7) is -1.16. The third kappa shape index (κ3) is 3.41. The van der Waals surface area contributed by atoms with Gasteiger partial charge in [-0.1, -0.05) is 6.07 Å². The molecule has 1 amide bonds. The zero-order valence-corrected chi connectivity index (χ0v) is 15.1. The van der Waals surface area contributed by atoms with Gasteiger partial charge in [0.05, 0.1) is 33.1 Å². The monoisotopic (exact) mass is 401 g/mol. The lowest BCUT2D eigenvalue weighted by molar-refractivity contribution is -0.242. The van der Waals surface area contributed by atoms with E-state index in [0.717, 1.165) is 11.8 Å². The number of hydrogen-bond acceptors (Lipinski definition) is 7. The van der Waals surface area contributed by atoms with Crippen LogP contribution < -0.4 is 15.2 Å². The van der Waals surface area contributed by atoms with E-state index in [-0.39, 0.29) is 5.88 Å². The number of anilines is 1. The summed E-state index contributed by atoms with van der Waals surface area (Å²) in [5.41, 5.74) is 3.33. The summed E-state index contributed by atoms with van der Waals surface area (Å²) in [4.78, 5) is 23.8. The van der Waals surface area contributed by atoms with E-state index in [1.807, 2.05) is 13.0 Å². The summed E-state index contributed by atoms with van der Waals surface area (Å²) in [5.74, 6) is -0.274. The topological polar surface area (TPSA) is 100 Å². The molecule has 0 atom stereocenters. The molecule has 0 bridgehead atoms. The second-order valence-corrected chi connectivity index (χ2v) is 6.85. The van der Waals surface area contributed by atoms with Crippen molar-refractivity contribution in [3.8, 4) is 16.5 Å². The number of benzene rings is 2. The Morgan fingerprint density at radius 3 is 2.82 bits per heavy atom. The molecule has 4 rings (SSSR count). The number of alkyl halides is 2. The Morgan fingerprint density at radius 1 is 1.25 bits per heavy atom. The van der Waals surface area contributed by atoms with Crippen LogP contribution in [-0.4, -0.2) is 27.7 Å². The average molecular weight is 401 g/mol. The molecule has 0 spiro atoms. The molecule has 2 aromatic heterocycles. The van der Waals surface area contributed by atoms with Crippen LogP contribution in [0.4, 0.5) is 19.3 Å². The Bertz CT molecular complexity index is 1210. The minimum Gasteiger partial charge on any atom is -0.530 e. The van der Waals surface area contributed by atoms with Gasteiger partial charge >= 0.3 is 6.61 Å². The first-order chi connectivity index (χ1) is 13.4. The summed E-state index contributed by atoms with van der Waals surface area (Å²) >= 11 is 1.27. The molecular formula is C18H11F2N4O3S-. The van der Waals surface area contributed by atoms with Gasteiger partial charge in [-0.3, -0.25) is 0 Å². The van der Waals surface area contributed by atoms with Crippen LogP contribution in [0, 0.1) is 6.92 Å². The number of halogens is 2. The number of carbonyl (C=O) groups is 1. The minimum absolute atomic E-state index is 0.274. The SMILES string of the molecule is Cc1cc(-c2nc3cccc(NC(=O)[O-])c3s2)c2ncc(OC(F)F)nc2c1. The largest absolute Gasteiger partial charge is 0.530 e. The van der Waals surface area contributed by atoms with Crippen molar-refractivity contribution in [3.63, 3.8) is 0 Å². The van der Waals surface area contributed by atoms with E-state index in [1.54, 1.807) is 24.3 Å². The lowest BCUT2D eigenvalue weighted by atomic mass is 10.1. The molecule has 0 radical (unpaired) electrons. The molecule has 0 unspecified atom stereocenters. The van der Waals surface area contributed by atoms with Crippen molar-refractivity contribution in [1.82, 2.24) is 15.0 Å². The maximum Gasteiger partial charge on any atom is 0.388 e. The highest BCUT2D eigenvalue weighted by Gasteiger charge is 2.16. The van der Waals surface area contributed by atoms with Gasteiger partial charge in [0.1, 0.15) is 11.1 Å². The van der Waals surface area contributed by atoms with Gasteiger partial charge < -0.3 is 20.0 Å². The number of carboxylic acid groups (broad SMARTS) is 1. The van der Waals surface area contributed by atoms with Crippen LogP contribution in [0.15, 0.2) is 36.5 Å². The second kappa shape index (κ2) is 6.97. The van der Waals surface area contributed by atoms with Crippen LogP contribution in [0.2, 0.25) is 0 Å². The molecule has 7 nitrogen and oxygen atoms in total. The van der Waals surface area contributed by atoms with E-state index in [2.05, 4.69) is 25.0 Å². The number of thiazole rings is 1. The number of carbonyl (C=O) groups excluding carboxylic acids is 1.